The lowest BCUT2D eigenvalue weighted by molar-refractivity contribution is -0.115. The van der Waals surface area contributed by atoms with Crippen molar-refractivity contribution in [3.63, 3.8) is 0 Å². The minimum Gasteiger partial charge on any atom is -0.496 e. The molecule has 0 aliphatic rings. The molecule has 0 saturated carbocycles. The van der Waals surface area contributed by atoms with Gasteiger partial charge in [-0.15, -0.1) is 0 Å². The van der Waals surface area contributed by atoms with Gasteiger partial charge in [-0.1, -0.05) is 0 Å². The number of rotatable bonds is 5. The normalized spacial score (nSPS) is 10.8. The number of aromatic nitrogens is 1. The van der Waals surface area contributed by atoms with Gasteiger partial charge in [-0.05, 0) is 42.0 Å². The van der Waals surface area contributed by atoms with Crippen LogP contribution in [0.4, 0.5) is 10.1 Å². The molecule has 0 radical (unpaired) electrons. The highest BCUT2D eigenvalue weighted by Crippen LogP contribution is 2.23. The van der Waals surface area contributed by atoms with Crippen LogP contribution >= 0.6 is 0 Å². The minimum absolute atomic E-state index is 0.115. The van der Waals surface area contributed by atoms with Crippen LogP contribution in [0.3, 0.4) is 0 Å². The molecule has 3 N–H and O–H groups in total. The van der Waals surface area contributed by atoms with Crippen molar-refractivity contribution < 1.29 is 19.0 Å². The molecule has 3 rings (SSSR count). The first kappa shape index (κ1) is 16.0. The molecule has 0 atom stereocenters. The summed E-state index contributed by atoms with van der Waals surface area (Å²) < 4.78 is 18.5. The maximum Gasteiger partial charge on any atom is 0.228 e. The Bertz CT molecular complexity index is 889. The van der Waals surface area contributed by atoms with Crippen molar-refractivity contribution in [1.29, 1.82) is 0 Å². The summed E-state index contributed by atoms with van der Waals surface area (Å²) in [5.74, 6) is -0.0108. The molecule has 0 spiro atoms. The number of amides is 1. The molecule has 1 aromatic heterocycles. The Morgan fingerprint density at radius 1 is 1.25 bits per heavy atom. The van der Waals surface area contributed by atoms with Gasteiger partial charge >= 0.3 is 0 Å². The van der Waals surface area contributed by atoms with E-state index in [9.17, 15) is 14.3 Å². The number of hydrogen-bond acceptors (Lipinski definition) is 3. The third-order valence-electron chi connectivity index (χ3n) is 3.81. The molecule has 2 aromatic carbocycles. The Kier molecular flexibility index (Phi) is 4.48. The van der Waals surface area contributed by atoms with Gasteiger partial charge in [-0.3, -0.25) is 4.79 Å². The first-order valence-corrected chi connectivity index (χ1v) is 7.44. The van der Waals surface area contributed by atoms with Gasteiger partial charge in [0.15, 0.2) is 0 Å². The van der Waals surface area contributed by atoms with Crippen molar-refractivity contribution in [2.24, 2.45) is 0 Å². The summed E-state index contributed by atoms with van der Waals surface area (Å²) in [5.41, 5.74) is 2.66. The SMILES string of the molecule is COc1ccc(NC(=O)Cc2c[nH]c3ccc(F)cc23)cc1CO. The summed E-state index contributed by atoms with van der Waals surface area (Å²) >= 11 is 0. The molecule has 0 unspecified atom stereocenters. The molecular weight excluding hydrogens is 311 g/mol. The Balaban J connectivity index is 1.76. The lowest BCUT2D eigenvalue weighted by atomic mass is 10.1. The Morgan fingerprint density at radius 3 is 2.83 bits per heavy atom. The van der Waals surface area contributed by atoms with E-state index in [0.29, 0.717) is 22.4 Å². The van der Waals surface area contributed by atoms with Crippen LogP contribution in [0.2, 0.25) is 0 Å². The highest BCUT2D eigenvalue weighted by Gasteiger charge is 2.11. The molecule has 0 aliphatic heterocycles. The third kappa shape index (κ3) is 3.23. The van der Waals surface area contributed by atoms with Gasteiger partial charge in [0.25, 0.3) is 0 Å². The Morgan fingerprint density at radius 2 is 2.08 bits per heavy atom. The fourth-order valence-corrected chi connectivity index (χ4v) is 2.65. The maximum absolute atomic E-state index is 13.4. The predicted molar refractivity (Wildman–Crippen MR) is 89.5 cm³/mol. The molecule has 0 aliphatic carbocycles. The zero-order valence-electron chi connectivity index (χ0n) is 13.1. The summed E-state index contributed by atoms with van der Waals surface area (Å²) in [6.07, 6.45) is 1.82. The van der Waals surface area contributed by atoms with Crippen LogP contribution in [0.15, 0.2) is 42.6 Å². The monoisotopic (exact) mass is 328 g/mol. The molecule has 124 valence electrons. The first-order chi connectivity index (χ1) is 11.6. The molecule has 0 bridgehead atoms. The number of aliphatic hydroxyl groups is 1. The van der Waals surface area contributed by atoms with E-state index in [0.717, 1.165) is 11.1 Å². The van der Waals surface area contributed by atoms with Crippen molar-refractivity contribution >= 4 is 22.5 Å². The van der Waals surface area contributed by atoms with E-state index in [-0.39, 0.29) is 24.8 Å². The number of anilines is 1. The second-order valence-electron chi connectivity index (χ2n) is 5.41. The zero-order chi connectivity index (χ0) is 17.1. The Hall–Kier alpha value is -2.86. The number of fused-ring (bicyclic) bond motifs is 1. The number of benzene rings is 2. The topological polar surface area (TPSA) is 74.3 Å². The number of carbonyl (C=O) groups is 1. The highest BCUT2D eigenvalue weighted by atomic mass is 19.1. The van der Waals surface area contributed by atoms with Gasteiger partial charge in [0.2, 0.25) is 5.91 Å². The summed E-state index contributed by atoms with van der Waals surface area (Å²) in [6, 6.07) is 9.46. The van der Waals surface area contributed by atoms with Crippen LogP contribution in [0, 0.1) is 5.82 Å². The molecule has 3 aromatic rings. The van der Waals surface area contributed by atoms with Gasteiger partial charge in [0.1, 0.15) is 11.6 Å². The Labute approximate surface area is 138 Å². The lowest BCUT2D eigenvalue weighted by Crippen LogP contribution is -2.14. The van der Waals surface area contributed by atoms with Crippen LogP contribution in [0.25, 0.3) is 10.9 Å². The molecule has 5 nitrogen and oxygen atoms in total. The molecule has 0 fully saturated rings. The molecule has 1 heterocycles. The largest absolute Gasteiger partial charge is 0.496 e. The predicted octanol–water partition coefficient (Wildman–Crippen LogP) is 2.99. The fraction of sp³-hybridized carbons (Fsp3) is 0.167. The molecule has 0 saturated heterocycles. The summed E-state index contributed by atoms with van der Waals surface area (Å²) in [6.45, 7) is -0.186. The van der Waals surface area contributed by atoms with Crippen LogP contribution < -0.4 is 10.1 Å². The zero-order valence-corrected chi connectivity index (χ0v) is 13.1. The van der Waals surface area contributed by atoms with Crippen LogP contribution in [-0.2, 0) is 17.8 Å². The summed E-state index contributed by atoms with van der Waals surface area (Å²) in [4.78, 5) is 15.3. The van der Waals surface area contributed by atoms with Crippen molar-refractivity contribution in [1.82, 2.24) is 4.98 Å². The van der Waals surface area contributed by atoms with Crippen LogP contribution in [0.5, 0.6) is 5.75 Å². The fourth-order valence-electron chi connectivity index (χ4n) is 2.65. The second-order valence-corrected chi connectivity index (χ2v) is 5.41. The number of aromatic amines is 1. The number of H-pyrrole nitrogens is 1. The smallest absolute Gasteiger partial charge is 0.228 e. The quantitative estimate of drug-likeness (QED) is 0.674. The van der Waals surface area contributed by atoms with Crippen molar-refractivity contribution in [3.8, 4) is 5.75 Å². The molecule has 6 heteroatoms. The highest BCUT2D eigenvalue weighted by molar-refractivity contribution is 5.95. The summed E-state index contributed by atoms with van der Waals surface area (Å²) in [5, 5.41) is 12.8. The number of carbonyl (C=O) groups excluding carboxylic acids is 1. The van der Waals surface area contributed by atoms with E-state index >= 15 is 0 Å². The number of nitrogens with one attached hydrogen (secondary N) is 2. The van der Waals surface area contributed by atoms with Gasteiger partial charge in [-0.25, -0.2) is 4.39 Å². The second kappa shape index (κ2) is 6.72. The molecular formula is C18H17FN2O3. The van der Waals surface area contributed by atoms with Crippen molar-refractivity contribution in [2.45, 2.75) is 13.0 Å². The maximum atomic E-state index is 13.4. The number of methoxy groups -OCH3 is 1. The van der Waals surface area contributed by atoms with Crippen molar-refractivity contribution in [3.05, 3.63) is 59.5 Å². The van der Waals surface area contributed by atoms with E-state index in [1.54, 1.807) is 30.5 Å². The average Bonchev–Trinajstić information content (AvgIpc) is 2.96. The average molecular weight is 328 g/mol. The van der Waals surface area contributed by atoms with Crippen LogP contribution in [0.1, 0.15) is 11.1 Å². The number of aliphatic hydroxyl groups excluding tert-OH is 1. The van der Waals surface area contributed by atoms with E-state index in [1.165, 1.54) is 19.2 Å². The van der Waals surface area contributed by atoms with Gasteiger partial charge in [0.05, 0.1) is 20.1 Å². The third-order valence-corrected chi connectivity index (χ3v) is 3.81. The van der Waals surface area contributed by atoms with Gasteiger partial charge in [-0.2, -0.15) is 0 Å². The number of hydrogen-bond donors (Lipinski definition) is 3. The van der Waals surface area contributed by atoms with E-state index in [2.05, 4.69) is 10.3 Å². The van der Waals surface area contributed by atoms with Gasteiger partial charge in [0, 0.05) is 28.4 Å². The van der Waals surface area contributed by atoms with Gasteiger partial charge < -0.3 is 20.1 Å². The van der Waals surface area contributed by atoms with E-state index in [4.69, 9.17) is 4.74 Å². The summed E-state index contributed by atoms with van der Waals surface area (Å²) in [7, 11) is 1.52. The van der Waals surface area contributed by atoms with Crippen LogP contribution in [-0.4, -0.2) is 23.1 Å². The minimum atomic E-state index is -0.341. The number of halogens is 1. The number of ether oxygens (including phenoxy) is 1. The molecule has 1 amide bonds. The van der Waals surface area contributed by atoms with E-state index < -0.39 is 0 Å². The molecule has 24 heavy (non-hydrogen) atoms. The van der Waals surface area contributed by atoms with Crippen molar-refractivity contribution in [2.75, 3.05) is 12.4 Å². The first-order valence-electron chi connectivity index (χ1n) is 7.44. The lowest BCUT2D eigenvalue weighted by Gasteiger charge is -2.10. The standard InChI is InChI=1S/C18H17FN2O3/c1-24-17-5-3-14(6-12(17)10-22)21-18(23)7-11-9-20-16-4-2-13(19)8-15(11)16/h2-6,8-9,20,22H,7,10H2,1H3,(H,21,23). The van der Waals surface area contributed by atoms with E-state index in [1.807, 2.05) is 0 Å².